The second-order valence-electron chi connectivity index (χ2n) is 3.37. The van der Waals surface area contributed by atoms with Gasteiger partial charge in [-0.05, 0) is 46.6 Å². The Morgan fingerprint density at radius 1 is 1.00 bits per heavy atom. The number of hydrogen-bond donors (Lipinski definition) is 1. The van der Waals surface area contributed by atoms with Crippen LogP contribution in [0.4, 0.5) is 11.6 Å². The zero-order valence-corrected chi connectivity index (χ0v) is 11.7. The van der Waals surface area contributed by atoms with Crippen molar-refractivity contribution in [2.24, 2.45) is 0 Å². The Kier molecular flexibility index (Phi) is 3.56. The van der Waals surface area contributed by atoms with Crippen molar-refractivity contribution in [1.29, 1.82) is 0 Å². The maximum atomic E-state index is 4.15. The summed E-state index contributed by atoms with van der Waals surface area (Å²) in [6.45, 7) is 2.04. The fraction of sp³-hybridized carbons (Fsp3) is 0.0909. The zero-order chi connectivity index (χ0) is 11.5. The number of nitrogens with zero attached hydrogens (tertiary/aromatic N) is 2. The summed E-state index contributed by atoms with van der Waals surface area (Å²) in [5.41, 5.74) is 2.14. The molecule has 0 radical (unpaired) electrons. The molecule has 0 atom stereocenters. The van der Waals surface area contributed by atoms with Gasteiger partial charge in [0.05, 0.1) is 4.47 Å². The van der Waals surface area contributed by atoms with Gasteiger partial charge in [0.2, 0.25) is 5.95 Å². The van der Waals surface area contributed by atoms with Crippen LogP contribution in [-0.4, -0.2) is 9.97 Å². The summed E-state index contributed by atoms with van der Waals surface area (Å²) in [5, 5.41) is 3.14. The predicted molar refractivity (Wildman–Crippen MR) is 71.9 cm³/mol. The van der Waals surface area contributed by atoms with Gasteiger partial charge >= 0.3 is 0 Å². The van der Waals surface area contributed by atoms with Crippen LogP contribution in [0.15, 0.2) is 39.5 Å². The molecule has 0 aliphatic carbocycles. The van der Waals surface area contributed by atoms with Crippen molar-refractivity contribution in [1.82, 2.24) is 9.97 Å². The molecule has 0 saturated carbocycles. The van der Waals surface area contributed by atoms with E-state index in [0.29, 0.717) is 5.95 Å². The van der Waals surface area contributed by atoms with Gasteiger partial charge in [-0.25, -0.2) is 9.97 Å². The first-order valence-corrected chi connectivity index (χ1v) is 6.24. The maximum absolute atomic E-state index is 4.15. The fourth-order valence-corrected chi connectivity index (χ4v) is 2.13. The summed E-state index contributed by atoms with van der Waals surface area (Å²) in [6, 6.07) is 6.07. The molecule has 0 saturated heterocycles. The van der Waals surface area contributed by atoms with Gasteiger partial charge in [0.1, 0.15) is 0 Å². The van der Waals surface area contributed by atoms with Gasteiger partial charge in [0, 0.05) is 22.6 Å². The van der Waals surface area contributed by atoms with E-state index in [1.54, 1.807) is 12.4 Å². The molecular weight excluding hydrogens is 334 g/mol. The molecule has 0 spiro atoms. The average molecular weight is 343 g/mol. The van der Waals surface area contributed by atoms with Crippen LogP contribution in [0.1, 0.15) is 5.56 Å². The highest BCUT2D eigenvalue weighted by atomic mass is 79.9. The smallest absolute Gasteiger partial charge is 0.227 e. The molecule has 3 nitrogen and oxygen atoms in total. The van der Waals surface area contributed by atoms with Crippen LogP contribution in [-0.2, 0) is 0 Å². The standard InChI is InChI=1S/C11H9Br2N3/c1-7-2-8(12)4-10(3-7)16-11-14-5-9(13)6-15-11/h2-6H,1H3,(H,14,15,16). The Bertz CT molecular complexity index is 477. The molecule has 0 aliphatic heterocycles. The summed E-state index contributed by atoms with van der Waals surface area (Å²) in [5.74, 6) is 0.584. The van der Waals surface area contributed by atoms with Gasteiger partial charge in [0.25, 0.3) is 0 Å². The molecule has 82 valence electrons. The molecule has 2 rings (SSSR count). The summed E-state index contributed by atoms with van der Waals surface area (Å²) in [7, 11) is 0. The molecule has 2 aromatic rings. The summed E-state index contributed by atoms with van der Waals surface area (Å²) >= 11 is 6.74. The zero-order valence-electron chi connectivity index (χ0n) is 8.54. The molecule has 0 bridgehead atoms. The lowest BCUT2D eigenvalue weighted by Crippen LogP contribution is -1.96. The second-order valence-corrected chi connectivity index (χ2v) is 5.20. The minimum absolute atomic E-state index is 0.584. The van der Waals surface area contributed by atoms with E-state index in [1.165, 1.54) is 5.56 Å². The van der Waals surface area contributed by atoms with Crippen LogP contribution in [0.3, 0.4) is 0 Å². The topological polar surface area (TPSA) is 37.8 Å². The Balaban J connectivity index is 2.23. The van der Waals surface area contributed by atoms with Crippen molar-refractivity contribution in [3.63, 3.8) is 0 Å². The Labute approximate surface area is 111 Å². The van der Waals surface area contributed by atoms with Crippen molar-refractivity contribution in [3.8, 4) is 0 Å². The van der Waals surface area contributed by atoms with Crippen molar-refractivity contribution >= 4 is 43.5 Å². The van der Waals surface area contributed by atoms with Gasteiger partial charge in [-0.1, -0.05) is 15.9 Å². The number of hydrogen-bond acceptors (Lipinski definition) is 3. The van der Waals surface area contributed by atoms with E-state index < -0.39 is 0 Å². The maximum Gasteiger partial charge on any atom is 0.227 e. The van der Waals surface area contributed by atoms with Crippen molar-refractivity contribution < 1.29 is 0 Å². The molecule has 1 aromatic heterocycles. The van der Waals surface area contributed by atoms with Gasteiger partial charge in [-0.15, -0.1) is 0 Å². The van der Waals surface area contributed by atoms with Crippen molar-refractivity contribution in [2.75, 3.05) is 5.32 Å². The first-order chi connectivity index (χ1) is 7.63. The predicted octanol–water partition coefficient (Wildman–Crippen LogP) is 4.05. The van der Waals surface area contributed by atoms with Crippen LogP contribution >= 0.6 is 31.9 Å². The lowest BCUT2D eigenvalue weighted by molar-refractivity contribution is 1.15. The van der Waals surface area contributed by atoms with Crippen LogP contribution in [0.2, 0.25) is 0 Å². The molecule has 1 aromatic carbocycles. The quantitative estimate of drug-likeness (QED) is 0.894. The highest BCUT2D eigenvalue weighted by molar-refractivity contribution is 9.10. The van der Waals surface area contributed by atoms with Crippen LogP contribution in [0.25, 0.3) is 0 Å². The van der Waals surface area contributed by atoms with E-state index >= 15 is 0 Å². The van der Waals surface area contributed by atoms with Crippen LogP contribution in [0, 0.1) is 6.92 Å². The van der Waals surface area contributed by atoms with Gasteiger partial charge in [-0.3, -0.25) is 0 Å². The van der Waals surface area contributed by atoms with Gasteiger partial charge in [-0.2, -0.15) is 0 Å². The van der Waals surface area contributed by atoms with E-state index in [0.717, 1.165) is 14.6 Å². The minimum Gasteiger partial charge on any atom is -0.324 e. The number of aryl methyl sites for hydroxylation is 1. The molecule has 0 amide bonds. The van der Waals surface area contributed by atoms with E-state index in [-0.39, 0.29) is 0 Å². The molecule has 16 heavy (non-hydrogen) atoms. The summed E-state index contributed by atoms with van der Waals surface area (Å²) in [6.07, 6.45) is 3.42. The highest BCUT2D eigenvalue weighted by Crippen LogP contribution is 2.21. The first-order valence-electron chi connectivity index (χ1n) is 4.65. The average Bonchev–Trinajstić information content (AvgIpc) is 2.20. The Morgan fingerprint density at radius 2 is 1.69 bits per heavy atom. The molecule has 0 unspecified atom stereocenters. The fourth-order valence-electron chi connectivity index (χ4n) is 1.31. The molecule has 5 heteroatoms. The van der Waals surface area contributed by atoms with Gasteiger partial charge in [0.15, 0.2) is 0 Å². The summed E-state index contributed by atoms with van der Waals surface area (Å²) < 4.78 is 1.90. The monoisotopic (exact) mass is 341 g/mol. The number of rotatable bonds is 2. The molecule has 0 aliphatic rings. The number of aromatic nitrogens is 2. The number of anilines is 2. The molecule has 0 fully saturated rings. The van der Waals surface area contributed by atoms with Crippen LogP contribution < -0.4 is 5.32 Å². The highest BCUT2D eigenvalue weighted by Gasteiger charge is 1.99. The molecule has 1 N–H and O–H groups in total. The Morgan fingerprint density at radius 3 is 2.31 bits per heavy atom. The normalized spacial score (nSPS) is 10.2. The number of benzene rings is 1. The van der Waals surface area contributed by atoms with Crippen molar-refractivity contribution in [3.05, 3.63) is 45.1 Å². The largest absolute Gasteiger partial charge is 0.324 e. The lowest BCUT2D eigenvalue weighted by atomic mass is 10.2. The molecule has 1 heterocycles. The SMILES string of the molecule is Cc1cc(Br)cc(Nc2ncc(Br)cn2)c1. The number of halogens is 2. The number of nitrogens with one attached hydrogen (secondary N) is 1. The van der Waals surface area contributed by atoms with E-state index in [9.17, 15) is 0 Å². The third-order valence-corrected chi connectivity index (χ3v) is 2.79. The van der Waals surface area contributed by atoms with E-state index in [4.69, 9.17) is 0 Å². The minimum atomic E-state index is 0.584. The van der Waals surface area contributed by atoms with Crippen LogP contribution in [0.5, 0.6) is 0 Å². The Hall–Kier alpha value is -0.940. The third-order valence-electron chi connectivity index (χ3n) is 1.92. The lowest BCUT2D eigenvalue weighted by Gasteiger charge is -2.06. The van der Waals surface area contributed by atoms with Gasteiger partial charge < -0.3 is 5.32 Å². The second kappa shape index (κ2) is 4.93. The third kappa shape index (κ3) is 3.02. The van der Waals surface area contributed by atoms with Crippen molar-refractivity contribution in [2.45, 2.75) is 6.92 Å². The first kappa shape index (κ1) is 11.5. The molecular formula is C11H9Br2N3. The van der Waals surface area contributed by atoms with E-state index in [1.807, 2.05) is 25.1 Å². The van der Waals surface area contributed by atoms with E-state index in [2.05, 4.69) is 47.1 Å². The summed E-state index contributed by atoms with van der Waals surface area (Å²) in [4.78, 5) is 8.30.